The first-order chi connectivity index (χ1) is 13.9. The standard InChI is InChI=1S/C21H23FN6O/c1-13-4-9-19(29)28(13)20-18(22)11-23-21(26-20)25-14(2)15-5-7-16(8-6-15)17-10-24-27(3)12-17/h5-8,10-14H,4,9H2,1-3H3,(H,23,25,26)/t13-,14+/m1/s1. The van der Waals surface area contributed by atoms with Gasteiger partial charge in [-0.05, 0) is 31.4 Å². The molecule has 3 aromatic rings. The number of amides is 1. The maximum Gasteiger partial charge on any atom is 0.228 e. The number of halogens is 1. The van der Waals surface area contributed by atoms with E-state index >= 15 is 0 Å². The molecular weight excluding hydrogens is 371 g/mol. The van der Waals surface area contributed by atoms with Gasteiger partial charge in [-0.3, -0.25) is 14.4 Å². The zero-order chi connectivity index (χ0) is 20.5. The second-order valence-electron chi connectivity index (χ2n) is 7.41. The molecule has 0 bridgehead atoms. The molecule has 0 saturated carbocycles. The Labute approximate surface area is 168 Å². The molecule has 2 aromatic heterocycles. The molecule has 0 aliphatic carbocycles. The minimum atomic E-state index is -0.592. The molecular formula is C21H23FN6O. The van der Waals surface area contributed by atoms with Crippen molar-refractivity contribution in [2.75, 3.05) is 10.2 Å². The topological polar surface area (TPSA) is 75.9 Å². The van der Waals surface area contributed by atoms with Crippen LogP contribution in [0.25, 0.3) is 11.1 Å². The average molecular weight is 394 g/mol. The molecule has 2 atom stereocenters. The maximum absolute atomic E-state index is 14.3. The predicted molar refractivity (Wildman–Crippen MR) is 109 cm³/mol. The molecule has 1 fully saturated rings. The molecule has 1 aliphatic rings. The molecule has 1 amide bonds. The Morgan fingerprint density at radius 2 is 1.97 bits per heavy atom. The van der Waals surface area contributed by atoms with Gasteiger partial charge in [0, 0.05) is 31.3 Å². The van der Waals surface area contributed by atoms with E-state index in [2.05, 4.69) is 20.4 Å². The van der Waals surface area contributed by atoms with Gasteiger partial charge in [0.05, 0.1) is 18.4 Å². The SMILES string of the molecule is C[C@H](Nc1ncc(F)c(N2C(=O)CC[C@H]2C)n1)c1ccc(-c2cnn(C)c2)cc1. The first-order valence-corrected chi connectivity index (χ1v) is 9.62. The van der Waals surface area contributed by atoms with Crippen molar-refractivity contribution < 1.29 is 9.18 Å². The number of anilines is 2. The van der Waals surface area contributed by atoms with Crippen molar-refractivity contribution in [1.82, 2.24) is 19.7 Å². The lowest BCUT2D eigenvalue weighted by Crippen LogP contribution is -2.32. The van der Waals surface area contributed by atoms with Gasteiger partial charge in [0.2, 0.25) is 11.9 Å². The van der Waals surface area contributed by atoms with E-state index in [4.69, 9.17) is 0 Å². The highest BCUT2D eigenvalue weighted by Gasteiger charge is 2.32. The van der Waals surface area contributed by atoms with E-state index in [-0.39, 0.29) is 29.8 Å². The van der Waals surface area contributed by atoms with Crippen LogP contribution in [-0.2, 0) is 11.8 Å². The van der Waals surface area contributed by atoms with Crippen LogP contribution in [0.2, 0.25) is 0 Å². The minimum Gasteiger partial charge on any atom is -0.348 e. The summed E-state index contributed by atoms with van der Waals surface area (Å²) in [5.41, 5.74) is 3.17. The molecule has 4 rings (SSSR count). The third-order valence-corrected chi connectivity index (χ3v) is 5.23. The number of carbonyl (C=O) groups is 1. The van der Waals surface area contributed by atoms with Gasteiger partial charge in [-0.15, -0.1) is 0 Å². The number of carbonyl (C=O) groups excluding carboxylic acids is 1. The number of hydrogen-bond acceptors (Lipinski definition) is 5. The highest BCUT2D eigenvalue weighted by Crippen LogP contribution is 2.28. The molecule has 1 aliphatic heterocycles. The summed E-state index contributed by atoms with van der Waals surface area (Å²) in [6.07, 6.45) is 6.01. The van der Waals surface area contributed by atoms with Gasteiger partial charge < -0.3 is 5.32 Å². The van der Waals surface area contributed by atoms with Gasteiger partial charge in [-0.1, -0.05) is 24.3 Å². The maximum atomic E-state index is 14.3. The Kier molecular flexibility index (Phi) is 5.00. The summed E-state index contributed by atoms with van der Waals surface area (Å²) in [6, 6.07) is 7.95. The van der Waals surface area contributed by atoms with E-state index in [1.807, 2.05) is 57.6 Å². The van der Waals surface area contributed by atoms with Crippen molar-refractivity contribution in [1.29, 1.82) is 0 Å². The summed E-state index contributed by atoms with van der Waals surface area (Å²) in [5, 5.41) is 7.39. The number of aromatic nitrogens is 4. The molecule has 3 heterocycles. The summed E-state index contributed by atoms with van der Waals surface area (Å²) in [7, 11) is 1.89. The number of rotatable bonds is 5. The first kappa shape index (κ1) is 19.0. The molecule has 1 aromatic carbocycles. The third-order valence-electron chi connectivity index (χ3n) is 5.23. The molecule has 0 unspecified atom stereocenters. The predicted octanol–water partition coefficient (Wildman–Crippen LogP) is 3.70. The Balaban J connectivity index is 1.52. The summed E-state index contributed by atoms with van der Waals surface area (Å²) in [6.45, 7) is 3.88. The van der Waals surface area contributed by atoms with Crippen LogP contribution in [0.1, 0.15) is 38.3 Å². The average Bonchev–Trinajstić information content (AvgIpc) is 3.29. The number of nitrogens with one attached hydrogen (secondary N) is 1. The molecule has 7 nitrogen and oxygen atoms in total. The van der Waals surface area contributed by atoms with Crippen molar-refractivity contribution in [3.05, 3.63) is 54.2 Å². The Morgan fingerprint density at radius 3 is 2.59 bits per heavy atom. The van der Waals surface area contributed by atoms with E-state index in [1.165, 1.54) is 4.90 Å². The van der Waals surface area contributed by atoms with Crippen LogP contribution in [0.15, 0.2) is 42.9 Å². The lowest BCUT2D eigenvalue weighted by molar-refractivity contribution is -0.117. The second-order valence-corrected chi connectivity index (χ2v) is 7.41. The van der Waals surface area contributed by atoms with Crippen LogP contribution in [0.4, 0.5) is 16.2 Å². The quantitative estimate of drug-likeness (QED) is 0.714. The van der Waals surface area contributed by atoms with Gasteiger partial charge in [0.25, 0.3) is 0 Å². The van der Waals surface area contributed by atoms with Crippen LogP contribution in [0.3, 0.4) is 0 Å². The smallest absolute Gasteiger partial charge is 0.228 e. The summed E-state index contributed by atoms with van der Waals surface area (Å²) in [4.78, 5) is 21.9. The van der Waals surface area contributed by atoms with Gasteiger partial charge in [0.1, 0.15) is 0 Å². The van der Waals surface area contributed by atoms with Crippen molar-refractivity contribution in [2.45, 2.75) is 38.8 Å². The normalized spacial score (nSPS) is 17.6. The van der Waals surface area contributed by atoms with Crippen molar-refractivity contribution >= 4 is 17.7 Å². The number of benzene rings is 1. The lowest BCUT2D eigenvalue weighted by Gasteiger charge is -2.22. The summed E-state index contributed by atoms with van der Waals surface area (Å²) < 4.78 is 16.0. The summed E-state index contributed by atoms with van der Waals surface area (Å²) in [5.74, 6) is -0.375. The minimum absolute atomic E-state index is 0.0385. The van der Waals surface area contributed by atoms with Gasteiger partial charge >= 0.3 is 0 Å². The third kappa shape index (κ3) is 3.83. The zero-order valence-corrected chi connectivity index (χ0v) is 16.6. The first-order valence-electron chi connectivity index (χ1n) is 9.62. The van der Waals surface area contributed by atoms with E-state index in [0.717, 1.165) is 22.9 Å². The molecule has 8 heteroatoms. The molecule has 0 radical (unpaired) electrons. The Morgan fingerprint density at radius 1 is 1.21 bits per heavy atom. The van der Waals surface area contributed by atoms with Gasteiger partial charge in [-0.25, -0.2) is 9.37 Å². The van der Waals surface area contributed by atoms with Crippen LogP contribution >= 0.6 is 0 Å². The molecule has 150 valence electrons. The number of hydrogen-bond donors (Lipinski definition) is 1. The fourth-order valence-electron chi connectivity index (χ4n) is 3.56. The van der Waals surface area contributed by atoms with Gasteiger partial charge in [-0.2, -0.15) is 10.1 Å². The largest absolute Gasteiger partial charge is 0.348 e. The van der Waals surface area contributed by atoms with Crippen molar-refractivity contribution in [2.24, 2.45) is 7.05 Å². The van der Waals surface area contributed by atoms with E-state index in [1.54, 1.807) is 4.68 Å². The lowest BCUT2D eigenvalue weighted by atomic mass is 10.0. The Bertz CT molecular complexity index is 1030. The number of nitrogens with zero attached hydrogens (tertiary/aromatic N) is 5. The number of aryl methyl sites for hydroxylation is 1. The van der Waals surface area contributed by atoms with Crippen molar-refractivity contribution in [3.8, 4) is 11.1 Å². The van der Waals surface area contributed by atoms with Crippen LogP contribution in [-0.4, -0.2) is 31.7 Å². The van der Waals surface area contributed by atoms with E-state index in [9.17, 15) is 9.18 Å². The fraction of sp³-hybridized carbons (Fsp3) is 0.333. The van der Waals surface area contributed by atoms with Crippen LogP contribution in [0.5, 0.6) is 0 Å². The Hall–Kier alpha value is -3.29. The fourth-order valence-corrected chi connectivity index (χ4v) is 3.56. The molecule has 1 saturated heterocycles. The highest BCUT2D eigenvalue weighted by atomic mass is 19.1. The highest BCUT2D eigenvalue weighted by molar-refractivity contribution is 5.95. The van der Waals surface area contributed by atoms with Crippen LogP contribution in [0, 0.1) is 5.82 Å². The monoisotopic (exact) mass is 394 g/mol. The van der Waals surface area contributed by atoms with E-state index < -0.39 is 5.82 Å². The molecule has 29 heavy (non-hydrogen) atoms. The molecule has 1 N–H and O–H groups in total. The van der Waals surface area contributed by atoms with Gasteiger partial charge in [0.15, 0.2) is 11.6 Å². The zero-order valence-electron chi connectivity index (χ0n) is 16.6. The van der Waals surface area contributed by atoms with E-state index in [0.29, 0.717) is 12.8 Å². The summed E-state index contributed by atoms with van der Waals surface area (Å²) >= 11 is 0. The van der Waals surface area contributed by atoms with Crippen LogP contribution < -0.4 is 10.2 Å². The van der Waals surface area contributed by atoms with Crippen molar-refractivity contribution in [3.63, 3.8) is 0 Å². The molecule has 0 spiro atoms. The second kappa shape index (κ2) is 7.62.